The average Bonchev–Trinajstić information content (AvgIpc) is 3.02. The third-order valence-corrected chi connectivity index (χ3v) is 5.69. The summed E-state index contributed by atoms with van der Waals surface area (Å²) in [7, 11) is 0. The standard InChI is InChI=1S/C20H20ClF3N4O/c1-12-18(28-17(25-12)7-6-16(21)26-28)19(29)27-10-8-13(9-11-27)14-4-2-3-5-15(14)20(22,23)24/h2-7,13,19,29H,8-11H2,1H3. The first kappa shape index (κ1) is 20.1. The Morgan fingerprint density at radius 1 is 1.14 bits per heavy atom. The first-order chi connectivity index (χ1) is 13.8. The Balaban J connectivity index is 1.54. The molecule has 3 aromatic rings. The van der Waals surface area contributed by atoms with E-state index in [4.69, 9.17) is 11.6 Å². The smallest absolute Gasteiger partial charge is 0.372 e. The maximum absolute atomic E-state index is 13.3. The highest BCUT2D eigenvalue weighted by molar-refractivity contribution is 6.29. The van der Waals surface area contributed by atoms with Crippen LogP contribution < -0.4 is 0 Å². The number of nitrogens with zero attached hydrogens (tertiary/aromatic N) is 4. The van der Waals surface area contributed by atoms with Crippen LogP contribution in [0.3, 0.4) is 0 Å². The molecule has 1 aliphatic heterocycles. The van der Waals surface area contributed by atoms with Crippen molar-refractivity contribution in [3.8, 4) is 0 Å². The van der Waals surface area contributed by atoms with E-state index in [1.165, 1.54) is 10.6 Å². The maximum atomic E-state index is 13.3. The lowest BCUT2D eigenvalue weighted by atomic mass is 9.86. The van der Waals surface area contributed by atoms with Crippen molar-refractivity contribution in [1.82, 2.24) is 19.5 Å². The number of aliphatic hydroxyl groups excluding tert-OH is 1. The Morgan fingerprint density at radius 2 is 1.83 bits per heavy atom. The molecule has 2 aromatic heterocycles. The summed E-state index contributed by atoms with van der Waals surface area (Å²) in [5.41, 5.74) is 1.49. The highest BCUT2D eigenvalue weighted by Crippen LogP contribution is 2.39. The topological polar surface area (TPSA) is 53.7 Å². The normalized spacial score (nSPS) is 17.7. The van der Waals surface area contributed by atoms with E-state index in [0.717, 1.165) is 6.07 Å². The van der Waals surface area contributed by atoms with Crippen molar-refractivity contribution < 1.29 is 18.3 Å². The lowest BCUT2D eigenvalue weighted by Crippen LogP contribution is -2.37. The van der Waals surface area contributed by atoms with Crippen LogP contribution in [-0.2, 0) is 6.18 Å². The molecule has 0 aliphatic carbocycles. The molecule has 1 aliphatic rings. The maximum Gasteiger partial charge on any atom is 0.416 e. The van der Waals surface area contributed by atoms with E-state index in [1.807, 2.05) is 4.90 Å². The number of aryl methyl sites for hydroxylation is 1. The molecule has 1 atom stereocenters. The first-order valence-electron chi connectivity index (χ1n) is 9.35. The van der Waals surface area contributed by atoms with Gasteiger partial charge in [-0.15, -0.1) is 0 Å². The van der Waals surface area contributed by atoms with E-state index in [0.29, 0.717) is 48.5 Å². The number of hydrogen-bond donors (Lipinski definition) is 1. The number of benzene rings is 1. The summed E-state index contributed by atoms with van der Waals surface area (Å²) in [6.45, 7) is 2.71. The summed E-state index contributed by atoms with van der Waals surface area (Å²) in [5, 5.41) is 15.5. The number of rotatable bonds is 3. The summed E-state index contributed by atoms with van der Waals surface area (Å²) in [6, 6.07) is 9.09. The lowest BCUT2D eigenvalue weighted by Gasteiger charge is -2.35. The highest BCUT2D eigenvalue weighted by atomic mass is 35.5. The number of aromatic nitrogens is 3. The van der Waals surface area contributed by atoms with Gasteiger partial charge in [-0.1, -0.05) is 29.8 Å². The Bertz CT molecular complexity index is 1030. The summed E-state index contributed by atoms with van der Waals surface area (Å²) < 4.78 is 41.5. The molecule has 1 unspecified atom stereocenters. The Morgan fingerprint density at radius 3 is 2.52 bits per heavy atom. The van der Waals surface area contributed by atoms with Crippen LogP contribution >= 0.6 is 11.6 Å². The summed E-state index contributed by atoms with van der Waals surface area (Å²) in [4.78, 5) is 6.24. The van der Waals surface area contributed by atoms with Gasteiger partial charge in [-0.3, -0.25) is 4.90 Å². The molecule has 29 heavy (non-hydrogen) atoms. The minimum atomic E-state index is -4.37. The molecule has 1 N–H and O–H groups in total. The van der Waals surface area contributed by atoms with E-state index in [9.17, 15) is 18.3 Å². The number of imidazole rings is 1. The fraction of sp³-hybridized carbons (Fsp3) is 0.400. The minimum absolute atomic E-state index is 0.202. The van der Waals surface area contributed by atoms with Gasteiger partial charge < -0.3 is 5.11 Å². The molecule has 1 fully saturated rings. The minimum Gasteiger partial charge on any atom is -0.372 e. The molecule has 4 rings (SSSR count). The van der Waals surface area contributed by atoms with Crippen LogP contribution in [-0.4, -0.2) is 37.7 Å². The zero-order valence-electron chi connectivity index (χ0n) is 15.7. The third-order valence-electron chi connectivity index (χ3n) is 5.49. The third kappa shape index (κ3) is 3.84. The van der Waals surface area contributed by atoms with Gasteiger partial charge in [0.05, 0.1) is 11.3 Å². The van der Waals surface area contributed by atoms with Crippen molar-refractivity contribution in [2.45, 2.75) is 38.1 Å². The molecular formula is C20H20ClF3N4O. The molecule has 9 heteroatoms. The summed E-state index contributed by atoms with van der Waals surface area (Å²) >= 11 is 5.98. The molecule has 154 valence electrons. The number of likely N-dealkylation sites (tertiary alicyclic amines) is 1. The number of fused-ring (bicyclic) bond motifs is 1. The Kier molecular flexibility index (Phi) is 5.27. The molecule has 0 radical (unpaired) electrons. The van der Waals surface area contributed by atoms with Gasteiger partial charge in [0.25, 0.3) is 0 Å². The van der Waals surface area contributed by atoms with Crippen molar-refractivity contribution in [1.29, 1.82) is 0 Å². The second-order valence-corrected chi connectivity index (χ2v) is 7.66. The van der Waals surface area contributed by atoms with Gasteiger partial charge in [-0.05, 0) is 49.4 Å². The molecule has 0 bridgehead atoms. The number of aliphatic hydroxyl groups is 1. The molecular weight excluding hydrogens is 405 g/mol. The summed E-state index contributed by atoms with van der Waals surface area (Å²) in [5.74, 6) is -0.202. The fourth-order valence-corrected chi connectivity index (χ4v) is 4.21. The number of alkyl halides is 3. The van der Waals surface area contributed by atoms with Gasteiger partial charge in [0.1, 0.15) is 10.8 Å². The first-order valence-corrected chi connectivity index (χ1v) is 9.73. The van der Waals surface area contributed by atoms with E-state index < -0.39 is 18.0 Å². The van der Waals surface area contributed by atoms with E-state index >= 15 is 0 Å². The molecule has 1 aromatic carbocycles. The highest BCUT2D eigenvalue weighted by Gasteiger charge is 2.36. The molecule has 0 spiro atoms. The van der Waals surface area contributed by atoms with Crippen LogP contribution in [0, 0.1) is 6.92 Å². The number of hydrogen-bond acceptors (Lipinski definition) is 4. The molecule has 5 nitrogen and oxygen atoms in total. The van der Waals surface area contributed by atoms with E-state index in [-0.39, 0.29) is 11.1 Å². The lowest BCUT2D eigenvalue weighted by molar-refractivity contribution is -0.138. The van der Waals surface area contributed by atoms with Crippen LogP contribution in [0.15, 0.2) is 36.4 Å². The van der Waals surface area contributed by atoms with Gasteiger partial charge in [0, 0.05) is 13.1 Å². The fourth-order valence-electron chi connectivity index (χ4n) is 4.07. The predicted molar refractivity (Wildman–Crippen MR) is 103 cm³/mol. The molecule has 1 saturated heterocycles. The second kappa shape index (κ2) is 7.59. The second-order valence-electron chi connectivity index (χ2n) is 7.28. The van der Waals surface area contributed by atoms with Crippen LogP contribution in [0.2, 0.25) is 5.15 Å². The van der Waals surface area contributed by atoms with Crippen LogP contribution in [0.4, 0.5) is 13.2 Å². The zero-order valence-corrected chi connectivity index (χ0v) is 16.5. The average molecular weight is 425 g/mol. The zero-order chi connectivity index (χ0) is 20.8. The largest absolute Gasteiger partial charge is 0.416 e. The van der Waals surface area contributed by atoms with Gasteiger partial charge in [-0.2, -0.15) is 18.3 Å². The molecule has 3 heterocycles. The number of piperidine rings is 1. The van der Waals surface area contributed by atoms with Gasteiger partial charge in [0.15, 0.2) is 11.9 Å². The van der Waals surface area contributed by atoms with Crippen LogP contribution in [0.5, 0.6) is 0 Å². The molecule has 0 saturated carbocycles. The molecule has 0 amide bonds. The van der Waals surface area contributed by atoms with E-state index in [1.54, 1.807) is 31.2 Å². The van der Waals surface area contributed by atoms with Crippen LogP contribution in [0.1, 0.15) is 47.5 Å². The SMILES string of the molecule is Cc1nc2ccc(Cl)nn2c1C(O)N1CCC(c2ccccc2C(F)(F)F)CC1. The van der Waals surface area contributed by atoms with Crippen molar-refractivity contribution in [2.24, 2.45) is 0 Å². The van der Waals surface area contributed by atoms with Crippen molar-refractivity contribution >= 4 is 17.2 Å². The van der Waals surface area contributed by atoms with Gasteiger partial charge >= 0.3 is 6.18 Å². The van der Waals surface area contributed by atoms with E-state index in [2.05, 4.69) is 10.1 Å². The quantitative estimate of drug-likeness (QED) is 0.668. The van der Waals surface area contributed by atoms with Crippen LogP contribution in [0.25, 0.3) is 5.65 Å². The van der Waals surface area contributed by atoms with Gasteiger partial charge in [0.2, 0.25) is 0 Å². The van der Waals surface area contributed by atoms with Crippen molar-refractivity contribution in [2.75, 3.05) is 13.1 Å². The van der Waals surface area contributed by atoms with Gasteiger partial charge in [-0.25, -0.2) is 9.50 Å². The Hall–Kier alpha value is -2.16. The monoisotopic (exact) mass is 424 g/mol. The Labute approximate surface area is 170 Å². The summed E-state index contributed by atoms with van der Waals surface area (Å²) in [6.07, 6.45) is -4.29. The van der Waals surface area contributed by atoms with Crippen molar-refractivity contribution in [3.05, 3.63) is 64.1 Å². The predicted octanol–water partition coefficient (Wildman–Crippen LogP) is 4.58. The number of halogens is 4. The van der Waals surface area contributed by atoms with Crippen molar-refractivity contribution in [3.63, 3.8) is 0 Å².